The maximum absolute atomic E-state index is 12.1. The topological polar surface area (TPSA) is 265 Å². The van der Waals surface area contributed by atoms with Crippen LogP contribution < -0.4 is 20.7 Å². The van der Waals surface area contributed by atoms with E-state index in [9.17, 15) is 34.9 Å². The number of nitro groups is 2. The molecule has 372 valence electrons. The molecule has 4 atom stereocenters. The molecule has 4 aromatic carbocycles. The van der Waals surface area contributed by atoms with E-state index in [-0.39, 0.29) is 49.5 Å². The number of nitrogens with one attached hydrogen (secondary N) is 1. The molecule has 0 saturated heterocycles. The normalized spacial score (nSPS) is 12.3. The third kappa shape index (κ3) is 24.5. The Kier molecular flexibility index (Phi) is 29.9. The fourth-order valence-corrected chi connectivity index (χ4v) is 6.23. The van der Waals surface area contributed by atoms with Gasteiger partial charge in [-0.2, -0.15) is 8.42 Å². The van der Waals surface area contributed by atoms with Gasteiger partial charge in [0.2, 0.25) is 0 Å². The summed E-state index contributed by atoms with van der Waals surface area (Å²) in [5.41, 5.74) is 8.35. The molecule has 4 rings (SSSR count). The van der Waals surface area contributed by atoms with Crippen LogP contribution in [0.3, 0.4) is 0 Å². The van der Waals surface area contributed by atoms with Gasteiger partial charge in [-0.15, -0.1) is 10.1 Å². The van der Waals surface area contributed by atoms with Gasteiger partial charge in [-0.1, -0.05) is 88.4 Å². The highest BCUT2D eigenvalue weighted by molar-refractivity contribution is 7.44. The van der Waals surface area contributed by atoms with Crippen LogP contribution in [0, 0.1) is 32.1 Å². The second kappa shape index (κ2) is 34.1. The van der Waals surface area contributed by atoms with Gasteiger partial charge in [0.1, 0.15) is 17.6 Å². The summed E-state index contributed by atoms with van der Waals surface area (Å²) in [6.07, 6.45) is -2.14. The largest absolute Gasteiger partial charge is 0.508 e. The van der Waals surface area contributed by atoms with Crippen LogP contribution >= 0.6 is 0 Å². The molecule has 20 nitrogen and oxygen atoms in total. The molecule has 0 aliphatic carbocycles. The van der Waals surface area contributed by atoms with Crippen LogP contribution in [0.25, 0.3) is 0 Å². The van der Waals surface area contributed by atoms with E-state index in [1.54, 1.807) is 24.0 Å². The molecule has 4 aromatic rings. The van der Waals surface area contributed by atoms with Crippen molar-refractivity contribution in [2.24, 2.45) is 17.6 Å². The van der Waals surface area contributed by atoms with Crippen molar-refractivity contribution in [2.75, 3.05) is 39.4 Å². The smallest absolute Gasteiger partial charge is 0.450 e. The van der Waals surface area contributed by atoms with E-state index in [1.165, 1.54) is 48.5 Å². The van der Waals surface area contributed by atoms with E-state index in [0.29, 0.717) is 37.4 Å². The number of aliphatic hydroxyl groups is 1. The molecule has 0 radical (unpaired) electrons. The van der Waals surface area contributed by atoms with Gasteiger partial charge in [-0.3, -0.25) is 20.2 Å². The zero-order valence-corrected chi connectivity index (χ0v) is 40.6. The third-order valence-electron chi connectivity index (χ3n) is 9.12. The predicted molar refractivity (Wildman–Crippen MR) is 257 cm³/mol. The fourth-order valence-electron chi connectivity index (χ4n) is 6.23. The molecule has 0 fully saturated rings. The minimum Gasteiger partial charge on any atom is -0.450 e. The quantitative estimate of drug-likeness (QED) is 0.0368. The number of non-ortho nitro benzene ring substituents is 2. The van der Waals surface area contributed by atoms with Gasteiger partial charge < -0.3 is 40.0 Å². The number of carbonyl (C=O) groups excluding carboxylic acids is 2. The summed E-state index contributed by atoms with van der Waals surface area (Å²) >= 11 is 5.67. The van der Waals surface area contributed by atoms with Gasteiger partial charge in [0.25, 0.3) is 11.4 Å². The Morgan fingerprint density at radius 3 is 1.46 bits per heavy atom. The minimum absolute atomic E-state index is 0.0267. The molecule has 22 heteroatoms. The van der Waals surface area contributed by atoms with E-state index in [4.69, 9.17) is 38.0 Å². The van der Waals surface area contributed by atoms with Crippen LogP contribution in [0.2, 0.25) is 0 Å². The highest BCUT2D eigenvalue weighted by Crippen LogP contribution is 2.21. The number of aliphatic hydroxyl groups excluding tert-OH is 1. The van der Waals surface area contributed by atoms with Crippen LogP contribution in [0.1, 0.15) is 52.7 Å². The molecule has 0 spiro atoms. The predicted octanol–water partition coefficient (Wildman–Crippen LogP) is 6.85. The molecule has 0 bridgehead atoms. The number of nitrogens with two attached hydrogens (primary N) is 1. The van der Waals surface area contributed by atoms with Gasteiger partial charge in [0.15, 0.2) is 25.1 Å². The molecule has 0 saturated carbocycles. The number of amides is 1. The second-order valence-corrected chi connectivity index (χ2v) is 15.6. The first-order valence-corrected chi connectivity index (χ1v) is 22.2. The lowest BCUT2D eigenvalue weighted by Gasteiger charge is -2.30. The van der Waals surface area contributed by atoms with Crippen LogP contribution in [0.15, 0.2) is 109 Å². The summed E-state index contributed by atoms with van der Waals surface area (Å²) in [5, 5.41) is 38.7. The van der Waals surface area contributed by atoms with Crippen molar-refractivity contribution in [3.63, 3.8) is 0 Å². The Hall–Kier alpha value is -6.30. The maximum atomic E-state index is 12.1. The lowest BCUT2D eigenvalue weighted by Crippen LogP contribution is -2.50. The van der Waals surface area contributed by atoms with Crippen LogP contribution in [-0.4, -0.2) is 109 Å². The summed E-state index contributed by atoms with van der Waals surface area (Å²) in [4.78, 5) is 56.7. The molecule has 0 aromatic heterocycles. The number of carbonyl (C=O) groups is 2. The molecular formula is C46H62N6O14S2. The number of nitro benzene ring substituents is 2. The van der Waals surface area contributed by atoms with Gasteiger partial charge in [-0.25, -0.2) is 9.59 Å². The van der Waals surface area contributed by atoms with E-state index < -0.39 is 46.4 Å². The van der Waals surface area contributed by atoms with Crippen LogP contribution in [0.4, 0.5) is 21.0 Å². The number of alkyl carbamates (subject to hydrolysis) is 1. The number of hydroxylamine groups is 4. The molecule has 0 unspecified atom stereocenters. The number of rotatable bonds is 24. The highest BCUT2D eigenvalue weighted by atomic mass is 32.1. The first-order chi connectivity index (χ1) is 32.6. The lowest BCUT2D eigenvalue weighted by atomic mass is 10.0. The Morgan fingerprint density at radius 2 is 1.06 bits per heavy atom. The molecule has 0 aliphatic heterocycles. The summed E-state index contributed by atoms with van der Waals surface area (Å²) in [6.45, 7) is 13.2. The van der Waals surface area contributed by atoms with E-state index in [0.717, 1.165) is 11.1 Å². The van der Waals surface area contributed by atoms with Crippen molar-refractivity contribution < 1.29 is 56.8 Å². The Balaban J connectivity index is 0.000000634. The number of hydrogen-bond donors (Lipinski definition) is 3. The van der Waals surface area contributed by atoms with E-state index >= 15 is 0 Å². The van der Waals surface area contributed by atoms with E-state index in [2.05, 4.69) is 30.4 Å². The standard InChI is InChI=1S/2C23H31N3O6.2OS/c1-4-30-23(27)31-22(21(24)14-18-8-6-5-7-9-18)16-25(15-17(2)3)32-20-12-10-19(11-13-20)26(28)29;1-4-31-23(28)24-21(14-18-8-6-5-7-9-18)22(27)16-25(15-17(2)3)32-20-12-10-19(11-13-20)26(29)30;2*1-2/h5-13,17,21-22H,4,14-16,24H2,1-3H3;5-13,17,21-22,27H,4,14-16H2,1-3H3,(H,24,28);;/t2*21-,22+;;/m00../s1. The molecule has 4 N–H and O–H groups in total. The first-order valence-electron chi connectivity index (χ1n) is 21.5. The van der Waals surface area contributed by atoms with Crippen molar-refractivity contribution in [1.82, 2.24) is 15.4 Å². The van der Waals surface area contributed by atoms with Crippen LogP contribution in [0.5, 0.6) is 11.5 Å². The van der Waals surface area contributed by atoms with Crippen molar-refractivity contribution in [3.05, 3.63) is 141 Å². The maximum Gasteiger partial charge on any atom is 0.508 e. The SMILES string of the molecule is CCOC(=O)N[C@@H](Cc1ccccc1)[C@H](O)CN(CC(C)C)Oc1ccc([N+](=O)[O-])cc1.CCOC(=O)O[C@H](CN(CC(C)C)Oc1ccc([N+](=O)[O-])cc1)[C@@H](N)Cc1ccccc1.O=S.O=S. The summed E-state index contributed by atoms with van der Waals surface area (Å²) in [6, 6.07) is 29.6. The summed E-state index contributed by atoms with van der Waals surface area (Å²) < 4.78 is 31.1. The number of benzene rings is 4. The van der Waals surface area contributed by atoms with E-state index in [1.807, 2.05) is 88.4 Å². The Morgan fingerprint density at radius 1 is 0.647 bits per heavy atom. The van der Waals surface area contributed by atoms with Gasteiger partial charge in [0.05, 0.1) is 48.3 Å². The third-order valence-corrected chi connectivity index (χ3v) is 9.12. The second-order valence-electron chi connectivity index (χ2n) is 15.6. The fraction of sp³-hybridized carbons (Fsp3) is 0.435. The lowest BCUT2D eigenvalue weighted by molar-refractivity contribution is -0.385. The average Bonchev–Trinajstić information content (AvgIpc) is 3.31. The van der Waals surface area contributed by atoms with Crippen molar-refractivity contribution in [1.29, 1.82) is 0 Å². The summed E-state index contributed by atoms with van der Waals surface area (Å²) in [5.74, 6) is 1.32. The monoisotopic (exact) mass is 986 g/mol. The van der Waals surface area contributed by atoms with Crippen molar-refractivity contribution >= 4 is 48.7 Å². The number of ether oxygens (including phenoxy) is 3. The van der Waals surface area contributed by atoms with Crippen molar-refractivity contribution in [3.8, 4) is 11.5 Å². The molecule has 1 amide bonds. The Labute approximate surface area is 407 Å². The minimum atomic E-state index is -0.962. The highest BCUT2D eigenvalue weighted by Gasteiger charge is 2.29. The van der Waals surface area contributed by atoms with Gasteiger partial charge in [0, 0.05) is 43.4 Å². The molecule has 0 heterocycles. The van der Waals surface area contributed by atoms with Gasteiger partial charge in [-0.05, 0) is 73.9 Å². The molecular weight excluding hydrogens is 925 g/mol. The van der Waals surface area contributed by atoms with Crippen molar-refractivity contribution in [2.45, 2.75) is 78.7 Å². The zero-order chi connectivity index (χ0) is 51.0. The number of nitrogens with zero attached hydrogens (tertiary/aromatic N) is 4. The van der Waals surface area contributed by atoms with Crippen LogP contribution in [-0.2, 0) is 52.1 Å². The Bertz CT molecular complexity index is 2030. The summed E-state index contributed by atoms with van der Waals surface area (Å²) in [7, 11) is 0. The van der Waals surface area contributed by atoms with Gasteiger partial charge >= 0.3 is 12.2 Å². The average molecular weight is 987 g/mol. The number of hydrogen-bond acceptors (Lipinski definition) is 19. The first kappa shape index (κ1) is 59.7. The zero-order valence-electron chi connectivity index (χ0n) is 39.0. The molecule has 0 aliphatic rings. The molecule has 68 heavy (non-hydrogen) atoms.